The summed E-state index contributed by atoms with van der Waals surface area (Å²) in [4.78, 5) is 22.8. The minimum atomic E-state index is -0.498. The molecule has 116 valence electrons. The van der Waals surface area contributed by atoms with Gasteiger partial charge in [0, 0.05) is 23.1 Å². The molecule has 6 nitrogen and oxygen atoms in total. The van der Waals surface area contributed by atoms with Crippen LogP contribution in [0.1, 0.15) is 21.7 Å². The lowest BCUT2D eigenvalue weighted by atomic mass is 10.1. The predicted octanol–water partition coefficient (Wildman–Crippen LogP) is 4.21. The van der Waals surface area contributed by atoms with Gasteiger partial charge in [0.2, 0.25) is 0 Å². The van der Waals surface area contributed by atoms with E-state index in [-0.39, 0.29) is 11.4 Å². The second-order valence-electron chi connectivity index (χ2n) is 5.26. The Kier molecular flexibility index (Phi) is 3.57. The number of aryl methyl sites for hydroxylation is 2. The summed E-state index contributed by atoms with van der Waals surface area (Å²) < 4.78 is 5.60. The minimum Gasteiger partial charge on any atom is -0.451 e. The number of nitrogens with one attached hydrogen (secondary N) is 1. The van der Waals surface area contributed by atoms with Crippen molar-refractivity contribution in [3.63, 3.8) is 0 Å². The number of hydrogen-bond acceptors (Lipinski definition) is 4. The summed E-state index contributed by atoms with van der Waals surface area (Å²) >= 11 is 0. The SMILES string of the molecule is Cc1ccc([N+](=O)[O-])cc1NC(=O)c1oc2ccccc2c1C. The van der Waals surface area contributed by atoms with Gasteiger partial charge in [0.15, 0.2) is 5.76 Å². The monoisotopic (exact) mass is 310 g/mol. The van der Waals surface area contributed by atoms with Gasteiger partial charge in [-0.1, -0.05) is 24.3 Å². The first-order valence-corrected chi connectivity index (χ1v) is 7.02. The van der Waals surface area contributed by atoms with Gasteiger partial charge in [-0.25, -0.2) is 0 Å². The van der Waals surface area contributed by atoms with Crippen LogP contribution < -0.4 is 5.32 Å². The first-order chi connectivity index (χ1) is 11.0. The van der Waals surface area contributed by atoms with Gasteiger partial charge in [-0.05, 0) is 25.5 Å². The van der Waals surface area contributed by atoms with E-state index in [0.29, 0.717) is 11.3 Å². The normalized spacial score (nSPS) is 10.7. The maximum Gasteiger partial charge on any atom is 0.291 e. The Balaban J connectivity index is 1.96. The van der Waals surface area contributed by atoms with Gasteiger partial charge in [-0.3, -0.25) is 14.9 Å². The van der Waals surface area contributed by atoms with E-state index in [2.05, 4.69) is 5.32 Å². The van der Waals surface area contributed by atoms with E-state index in [4.69, 9.17) is 4.42 Å². The highest BCUT2D eigenvalue weighted by Crippen LogP contribution is 2.27. The standard InChI is InChI=1S/C17H14N2O4/c1-10-7-8-12(19(21)22)9-14(10)18-17(20)16-11(2)13-5-3-4-6-15(13)23-16/h3-9H,1-2H3,(H,18,20). The lowest BCUT2D eigenvalue weighted by Gasteiger charge is -2.07. The molecule has 0 radical (unpaired) electrons. The quantitative estimate of drug-likeness (QED) is 0.580. The number of para-hydroxylation sites is 1. The van der Waals surface area contributed by atoms with Crippen LogP contribution in [-0.4, -0.2) is 10.8 Å². The van der Waals surface area contributed by atoms with Crippen molar-refractivity contribution < 1.29 is 14.1 Å². The Morgan fingerprint density at radius 2 is 1.91 bits per heavy atom. The van der Waals surface area contributed by atoms with E-state index in [1.807, 2.05) is 18.2 Å². The molecule has 0 unspecified atom stereocenters. The maximum atomic E-state index is 12.5. The zero-order valence-electron chi connectivity index (χ0n) is 12.6. The van der Waals surface area contributed by atoms with E-state index in [1.165, 1.54) is 12.1 Å². The van der Waals surface area contributed by atoms with Gasteiger partial charge in [0.25, 0.3) is 11.6 Å². The second-order valence-corrected chi connectivity index (χ2v) is 5.26. The first kappa shape index (κ1) is 14.8. The third-order valence-corrected chi connectivity index (χ3v) is 3.73. The Morgan fingerprint density at radius 1 is 1.17 bits per heavy atom. The van der Waals surface area contributed by atoms with E-state index in [1.54, 1.807) is 26.0 Å². The number of nitro benzene ring substituents is 1. The summed E-state index contributed by atoms with van der Waals surface area (Å²) in [5.74, 6) is -0.223. The molecule has 1 N–H and O–H groups in total. The van der Waals surface area contributed by atoms with Crippen LogP contribution in [-0.2, 0) is 0 Å². The summed E-state index contributed by atoms with van der Waals surface area (Å²) in [7, 11) is 0. The van der Waals surface area contributed by atoms with Crippen LogP contribution >= 0.6 is 0 Å². The van der Waals surface area contributed by atoms with Crippen molar-refractivity contribution in [1.29, 1.82) is 0 Å². The molecule has 3 rings (SSSR count). The van der Waals surface area contributed by atoms with E-state index < -0.39 is 10.8 Å². The molecule has 0 spiro atoms. The minimum absolute atomic E-state index is 0.0766. The number of carbonyl (C=O) groups is 1. The van der Waals surface area contributed by atoms with Crippen LogP contribution in [0.25, 0.3) is 11.0 Å². The Labute approximate surface area is 131 Å². The molecular weight excluding hydrogens is 296 g/mol. The van der Waals surface area contributed by atoms with Gasteiger partial charge >= 0.3 is 0 Å². The summed E-state index contributed by atoms with van der Waals surface area (Å²) in [6.45, 7) is 3.58. The molecule has 0 atom stereocenters. The van der Waals surface area contributed by atoms with Gasteiger partial charge < -0.3 is 9.73 Å². The largest absolute Gasteiger partial charge is 0.451 e. The molecule has 0 fully saturated rings. The van der Waals surface area contributed by atoms with Crippen LogP contribution in [0.5, 0.6) is 0 Å². The molecule has 23 heavy (non-hydrogen) atoms. The fourth-order valence-electron chi connectivity index (χ4n) is 2.43. The maximum absolute atomic E-state index is 12.5. The molecule has 6 heteroatoms. The van der Waals surface area contributed by atoms with Crippen LogP contribution in [0.3, 0.4) is 0 Å². The van der Waals surface area contributed by atoms with Gasteiger partial charge in [-0.15, -0.1) is 0 Å². The van der Waals surface area contributed by atoms with Crippen LogP contribution in [0, 0.1) is 24.0 Å². The number of benzene rings is 2. The predicted molar refractivity (Wildman–Crippen MR) is 86.7 cm³/mol. The average molecular weight is 310 g/mol. The topological polar surface area (TPSA) is 85.4 Å². The Bertz CT molecular complexity index is 927. The number of hydrogen-bond donors (Lipinski definition) is 1. The number of anilines is 1. The number of rotatable bonds is 3. The van der Waals surface area contributed by atoms with Gasteiger partial charge in [0.05, 0.1) is 10.6 Å². The van der Waals surface area contributed by atoms with E-state index >= 15 is 0 Å². The molecule has 1 amide bonds. The van der Waals surface area contributed by atoms with Crippen molar-refractivity contribution in [2.75, 3.05) is 5.32 Å². The van der Waals surface area contributed by atoms with E-state index in [0.717, 1.165) is 16.5 Å². The molecule has 0 aliphatic heterocycles. The molecule has 3 aromatic rings. The number of non-ortho nitro benzene ring substituents is 1. The molecule has 1 heterocycles. The van der Waals surface area contributed by atoms with Gasteiger partial charge in [-0.2, -0.15) is 0 Å². The summed E-state index contributed by atoms with van der Waals surface area (Å²) in [6.07, 6.45) is 0. The second kappa shape index (κ2) is 5.57. The first-order valence-electron chi connectivity index (χ1n) is 7.02. The van der Waals surface area contributed by atoms with Crippen molar-refractivity contribution in [2.24, 2.45) is 0 Å². The molecule has 0 bridgehead atoms. The van der Waals surface area contributed by atoms with Crippen LogP contribution in [0.4, 0.5) is 11.4 Å². The zero-order chi connectivity index (χ0) is 16.6. The van der Waals surface area contributed by atoms with Crippen LogP contribution in [0.2, 0.25) is 0 Å². The van der Waals surface area contributed by atoms with Crippen molar-refractivity contribution in [2.45, 2.75) is 13.8 Å². The number of fused-ring (bicyclic) bond motifs is 1. The molecule has 1 aromatic heterocycles. The third-order valence-electron chi connectivity index (χ3n) is 3.73. The highest BCUT2D eigenvalue weighted by atomic mass is 16.6. The summed E-state index contributed by atoms with van der Waals surface area (Å²) in [5, 5.41) is 14.4. The van der Waals surface area contributed by atoms with Gasteiger partial charge in [0.1, 0.15) is 5.58 Å². The summed E-state index contributed by atoms with van der Waals surface area (Å²) in [6, 6.07) is 11.7. The number of nitrogens with zero attached hydrogens (tertiary/aromatic N) is 1. The van der Waals surface area contributed by atoms with Crippen molar-refractivity contribution >= 4 is 28.3 Å². The smallest absolute Gasteiger partial charge is 0.291 e. The fraction of sp³-hybridized carbons (Fsp3) is 0.118. The lowest BCUT2D eigenvalue weighted by molar-refractivity contribution is -0.384. The van der Waals surface area contributed by atoms with Crippen molar-refractivity contribution in [3.05, 3.63) is 69.5 Å². The molecule has 0 saturated carbocycles. The lowest BCUT2D eigenvalue weighted by Crippen LogP contribution is -2.13. The average Bonchev–Trinajstić information content (AvgIpc) is 2.87. The highest BCUT2D eigenvalue weighted by Gasteiger charge is 2.19. The highest BCUT2D eigenvalue weighted by molar-refractivity contribution is 6.06. The zero-order valence-corrected chi connectivity index (χ0v) is 12.6. The fourth-order valence-corrected chi connectivity index (χ4v) is 2.43. The number of carbonyl (C=O) groups excluding carboxylic acids is 1. The van der Waals surface area contributed by atoms with E-state index in [9.17, 15) is 14.9 Å². The number of nitro groups is 1. The van der Waals surface area contributed by atoms with Crippen LogP contribution in [0.15, 0.2) is 46.9 Å². The molecule has 0 aliphatic rings. The Hall–Kier alpha value is -3.15. The third kappa shape index (κ3) is 2.66. The molecular formula is C17H14N2O4. The van der Waals surface area contributed by atoms with Crippen molar-refractivity contribution in [3.8, 4) is 0 Å². The number of furan rings is 1. The summed E-state index contributed by atoms with van der Waals surface area (Å²) in [5.41, 5.74) is 2.42. The molecule has 0 aliphatic carbocycles. The Morgan fingerprint density at radius 3 is 2.61 bits per heavy atom. The molecule has 0 saturated heterocycles. The van der Waals surface area contributed by atoms with Crippen molar-refractivity contribution in [1.82, 2.24) is 0 Å². The number of amides is 1. The molecule has 2 aromatic carbocycles.